The van der Waals surface area contributed by atoms with Gasteiger partial charge >= 0.3 is 0 Å². The standard InChI is InChI=1S/C18H18ClFN2O2.ClH/c1-2-15(21)13-7-8-14(19)18(17(13)20)24-12-5-3-11(4-6-12)16-9-22-10-23-16;/h3-9,15,22H,2,10,21H2,1H3;1H/t15-;/m1./s1. The Balaban J connectivity index is 0.00000225. The Kier molecular flexibility index (Phi) is 6.53. The number of hydrogen-bond acceptors (Lipinski definition) is 4. The topological polar surface area (TPSA) is 56.5 Å². The smallest absolute Gasteiger partial charge is 0.181 e. The lowest BCUT2D eigenvalue weighted by Gasteiger charge is -2.15. The minimum Gasteiger partial charge on any atom is -0.471 e. The molecule has 0 spiro atoms. The molecule has 0 fully saturated rings. The van der Waals surface area contributed by atoms with Gasteiger partial charge in [-0.15, -0.1) is 12.4 Å². The highest BCUT2D eigenvalue weighted by atomic mass is 35.5. The molecule has 2 aromatic carbocycles. The van der Waals surface area contributed by atoms with Gasteiger partial charge in [0.15, 0.2) is 18.3 Å². The van der Waals surface area contributed by atoms with E-state index < -0.39 is 11.9 Å². The van der Waals surface area contributed by atoms with Gasteiger partial charge in [0.2, 0.25) is 0 Å². The first-order valence-electron chi connectivity index (χ1n) is 7.68. The van der Waals surface area contributed by atoms with Gasteiger partial charge in [-0.25, -0.2) is 4.39 Å². The fourth-order valence-corrected chi connectivity index (χ4v) is 2.60. The van der Waals surface area contributed by atoms with Gasteiger partial charge in [0, 0.05) is 23.4 Å². The molecule has 1 atom stereocenters. The lowest BCUT2D eigenvalue weighted by atomic mass is 10.0. The summed E-state index contributed by atoms with van der Waals surface area (Å²) in [5, 5.41) is 3.17. The molecule has 0 aliphatic carbocycles. The Hall–Kier alpha value is -1.95. The molecule has 0 amide bonds. The first kappa shape index (κ1) is 19.4. The number of nitrogens with two attached hydrogens (primary N) is 1. The van der Waals surface area contributed by atoms with Crippen LogP contribution in [0.1, 0.15) is 30.5 Å². The monoisotopic (exact) mass is 384 g/mol. The maximum absolute atomic E-state index is 14.7. The van der Waals surface area contributed by atoms with Crippen LogP contribution >= 0.6 is 24.0 Å². The van der Waals surface area contributed by atoms with E-state index in [1.54, 1.807) is 30.5 Å². The zero-order valence-corrected chi connectivity index (χ0v) is 15.2. The molecule has 0 radical (unpaired) electrons. The summed E-state index contributed by atoms with van der Waals surface area (Å²) in [7, 11) is 0. The Labute approximate surface area is 157 Å². The molecule has 0 aromatic heterocycles. The molecular formula is C18H19Cl2FN2O2. The van der Waals surface area contributed by atoms with Crippen molar-refractivity contribution in [2.75, 3.05) is 6.73 Å². The van der Waals surface area contributed by atoms with Crippen LogP contribution in [-0.4, -0.2) is 6.73 Å². The first-order valence-corrected chi connectivity index (χ1v) is 8.06. The predicted octanol–water partition coefficient (Wildman–Crippen LogP) is 4.98. The summed E-state index contributed by atoms with van der Waals surface area (Å²) >= 11 is 6.09. The van der Waals surface area contributed by atoms with Gasteiger partial charge in [0.05, 0.1) is 5.02 Å². The van der Waals surface area contributed by atoms with Crippen LogP contribution in [0.25, 0.3) is 5.76 Å². The summed E-state index contributed by atoms with van der Waals surface area (Å²) in [5.74, 6) is 0.700. The molecule has 1 heterocycles. The number of rotatable bonds is 5. The average molecular weight is 385 g/mol. The van der Waals surface area contributed by atoms with E-state index in [1.807, 2.05) is 19.1 Å². The van der Waals surface area contributed by atoms with Crippen molar-refractivity contribution in [3.05, 3.63) is 64.6 Å². The molecule has 0 saturated heterocycles. The molecule has 0 bridgehead atoms. The molecule has 3 rings (SSSR count). The maximum atomic E-state index is 14.7. The number of nitrogens with one attached hydrogen (secondary N) is 1. The summed E-state index contributed by atoms with van der Waals surface area (Å²) in [6.45, 7) is 2.35. The van der Waals surface area contributed by atoms with Crippen molar-refractivity contribution in [1.29, 1.82) is 0 Å². The maximum Gasteiger partial charge on any atom is 0.181 e. The molecule has 4 nitrogen and oxygen atoms in total. The van der Waals surface area contributed by atoms with Crippen molar-refractivity contribution in [2.24, 2.45) is 5.73 Å². The van der Waals surface area contributed by atoms with Crippen molar-refractivity contribution < 1.29 is 13.9 Å². The fraction of sp³-hybridized carbons (Fsp3) is 0.222. The molecule has 3 N–H and O–H groups in total. The molecule has 2 aromatic rings. The van der Waals surface area contributed by atoms with Crippen molar-refractivity contribution in [3.8, 4) is 11.5 Å². The van der Waals surface area contributed by atoms with E-state index >= 15 is 0 Å². The lowest BCUT2D eigenvalue weighted by molar-refractivity contribution is 0.291. The van der Waals surface area contributed by atoms with Crippen LogP contribution in [0.4, 0.5) is 4.39 Å². The van der Waals surface area contributed by atoms with Crippen LogP contribution in [0.15, 0.2) is 42.6 Å². The van der Waals surface area contributed by atoms with Crippen molar-refractivity contribution >= 4 is 29.8 Å². The van der Waals surface area contributed by atoms with Crippen molar-refractivity contribution in [1.82, 2.24) is 5.32 Å². The molecule has 134 valence electrons. The molecule has 1 aliphatic rings. The van der Waals surface area contributed by atoms with E-state index in [-0.39, 0.29) is 23.2 Å². The molecule has 25 heavy (non-hydrogen) atoms. The summed E-state index contributed by atoms with van der Waals surface area (Å²) in [4.78, 5) is 0. The summed E-state index contributed by atoms with van der Waals surface area (Å²) < 4.78 is 25.7. The molecule has 0 unspecified atom stereocenters. The Bertz CT molecular complexity index is 766. The quantitative estimate of drug-likeness (QED) is 0.762. The third kappa shape index (κ3) is 4.18. The first-order chi connectivity index (χ1) is 11.6. The largest absolute Gasteiger partial charge is 0.471 e. The average Bonchev–Trinajstić information content (AvgIpc) is 3.13. The van der Waals surface area contributed by atoms with Crippen LogP contribution in [0, 0.1) is 5.82 Å². The van der Waals surface area contributed by atoms with Crippen LogP contribution in [0.2, 0.25) is 5.02 Å². The summed E-state index contributed by atoms with van der Waals surface area (Å²) in [6.07, 6.45) is 2.41. The highest BCUT2D eigenvalue weighted by Crippen LogP contribution is 2.36. The van der Waals surface area contributed by atoms with Gasteiger partial charge < -0.3 is 20.5 Å². The zero-order chi connectivity index (χ0) is 17.1. The Morgan fingerprint density at radius 2 is 2.00 bits per heavy atom. The molecule has 1 aliphatic heterocycles. The fourth-order valence-electron chi connectivity index (χ4n) is 2.41. The normalized spacial score (nSPS) is 14.0. The minimum absolute atomic E-state index is 0. The Morgan fingerprint density at radius 1 is 1.28 bits per heavy atom. The second-order valence-corrected chi connectivity index (χ2v) is 5.83. The highest BCUT2D eigenvalue weighted by Gasteiger charge is 2.18. The van der Waals surface area contributed by atoms with Gasteiger partial charge in [-0.1, -0.05) is 24.6 Å². The number of benzene rings is 2. The second-order valence-electron chi connectivity index (χ2n) is 5.42. The summed E-state index contributed by atoms with van der Waals surface area (Å²) in [5.41, 5.74) is 7.23. The third-order valence-corrected chi connectivity index (χ3v) is 4.12. The predicted molar refractivity (Wildman–Crippen MR) is 99.5 cm³/mol. The van der Waals surface area contributed by atoms with Gasteiger partial charge in [-0.05, 0) is 36.8 Å². The van der Waals surface area contributed by atoms with E-state index in [0.29, 0.717) is 24.5 Å². The molecule has 7 heteroatoms. The van der Waals surface area contributed by atoms with Crippen LogP contribution in [0.5, 0.6) is 11.5 Å². The molecule has 0 saturated carbocycles. The SMILES string of the molecule is CC[C@@H](N)c1ccc(Cl)c(Oc2ccc(C3=CNCO3)cc2)c1F.Cl. The number of halogens is 3. The van der Waals surface area contributed by atoms with E-state index in [0.717, 1.165) is 11.3 Å². The van der Waals surface area contributed by atoms with E-state index in [1.165, 1.54) is 0 Å². The lowest BCUT2D eigenvalue weighted by Crippen LogP contribution is -2.11. The Morgan fingerprint density at radius 3 is 2.60 bits per heavy atom. The number of ether oxygens (including phenoxy) is 2. The van der Waals surface area contributed by atoms with E-state index in [2.05, 4.69) is 5.32 Å². The highest BCUT2D eigenvalue weighted by molar-refractivity contribution is 6.32. The zero-order valence-electron chi connectivity index (χ0n) is 13.6. The minimum atomic E-state index is -0.521. The second kappa shape index (κ2) is 8.43. The van der Waals surface area contributed by atoms with Crippen LogP contribution < -0.4 is 15.8 Å². The van der Waals surface area contributed by atoms with Crippen LogP contribution in [0.3, 0.4) is 0 Å². The van der Waals surface area contributed by atoms with E-state index in [4.69, 9.17) is 26.8 Å². The number of hydrogen-bond donors (Lipinski definition) is 2. The van der Waals surface area contributed by atoms with Gasteiger partial charge in [0.25, 0.3) is 0 Å². The van der Waals surface area contributed by atoms with Gasteiger partial charge in [-0.3, -0.25) is 0 Å². The van der Waals surface area contributed by atoms with Gasteiger partial charge in [-0.2, -0.15) is 0 Å². The molecular weight excluding hydrogens is 366 g/mol. The third-order valence-electron chi connectivity index (χ3n) is 3.82. The van der Waals surface area contributed by atoms with Crippen molar-refractivity contribution in [3.63, 3.8) is 0 Å². The summed E-state index contributed by atoms with van der Waals surface area (Å²) in [6, 6.07) is 9.94. The van der Waals surface area contributed by atoms with Crippen molar-refractivity contribution in [2.45, 2.75) is 19.4 Å². The van der Waals surface area contributed by atoms with Gasteiger partial charge in [0.1, 0.15) is 11.5 Å². The van der Waals surface area contributed by atoms with Crippen LogP contribution in [-0.2, 0) is 4.74 Å². The van der Waals surface area contributed by atoms with E-state index in [9.17, 15) is 4.39 Å².